The van der Waals surface area contributed by atoms with Gasteiger partial charge < -0.3 is 4.90 Å². The molecule has 0 radical (unpaired) electrons. The SMILES string of the molecule is CC[C@H]1CCCN(C(=O)c2cncnc2)CC1. The largest absolute Gasteiger partial charge is 0.339 e. The third-order valence-corrected chi connectivity index (χ3v) is 3.52. The maximum atomic E-state index is 12.2. The van der Waals surface area contributed by atoms with Crippen LogP contribution >= 0.6 is 0 Å². The van der Waals surface area contributed by atoms with Crippen LogP contribution in [0.2, 0.25) is 0 Å². The molecule has 0 saturated carbocycles. The van der Waals surface area contributed by atoms with E-state index in [2.05, 4.69) is 16.9 Å². The van der Waals surface area contributed by atoms with Gasteiger partial charge in [-0.05, 0) is 25.2 Å². The van der Waals surface area contributed by atoms with Gasteiger partial charge in [0.25, 0.3) is 5.91 Å². The topological polar surface area (TPSA) is 46.1 Å². The van der Waals surface area contributed by atoms with Crippen LogP contribution in [0, 0.1) is 5.92 Å². The Hall–Kier alpha value is -1.45. The fraction of sp³-hybridized carbons (Fsp3) is 0.615. The number of hydrogen-bond donors (Lipinski definition) is 0. The van der Waals surface area contributed by atoms with E-state index in [1.165, 1.54) is 19.2 Å². The molecule has 17 heavy (non-hydrogen) atoms. The van der Waals surface area contributed by atoms with Crippen molar-refractivity contribution in [3.63, 3.8) is 0 Å². The van der Waals surface area contributed by atoms with Gasteiger partial charge in [-0.15, -0.1) is 0 Å². The molecule has 4 heteroatoms. The van der Waals surface area contributed by atoms with E-state index >= 15 is 0 Å². The Kier molecular flexibility index (Phi) is 4.07. The van der Waals surface area contributed by atoms with Crippen LogP contribution in [-0.4, -0.2) is 33.9 Å². The molecule has 1 aliphatic rings. The molecular weight excluding hydrogens is 214 g/mol. The minimum absolute atomic E-state index is 0.0716. The number of nitrogens with zero attached hydrogens (tertiary/aromatic N) is 3. The van der Waals surface area contributed by atoms with Crippen molar-refractivity contribution < 1.29 is 4.79 Å². The van der Waals surface area contributed by atoms with E-state index in [4.69, 9.17) is 0 Å². The van der Waals surface area contributed by atoms with Gasteiger partial charge in [0.1, 0.15) is 6.33 Å². The van der Waals surface area contributed by atoms with E-state index in [1.54, 1.807) is 12.4 Å². The lowest BCUT2D eigenvalue weighted by atomic mass is 9.98. The first kappa shape index (κ1) is 12.0. The third kappa shape index (κ3) is 3.02. The quantitative estimate of drug-likeness (QED) is 0.786. The smallest absolute Gasteiger partial charge is 0.256 e. The summed E-state index contributed by atoms with van der Waals surface area (Å²) in [5, 5.41) is 0. The van der Waals surface area contributed by atoms with Gasteiger partial charge in [-0.25, -0.2) is 9.97 Å². The van der Waals surface area contributed by atoms with Gasteiger partial charge in [-0.3, -0.25) is 4.79 Å². The van der Waals surface area contributed by atoms with Crippen LogP contribution in [0.4, 0.5) is 0 Å². The zero-order valence-corrected chi connectivity index (χ0v) is 10.3. The van der Waals surface area contributed by atoms with Gasteiger partial charge in [-0.1, -0.05) is 13.3 Å². The molecule has 92 valence electrons. The van der Waals surface area contributed by atoms with Crippen molar-refractivity contribution in [3.05, 3.63) is 24.3 Å². The van der Waals surface area contributed by atoms with Gasteiger partial charge in [0.15, 0.2) is 0 Å². The van der Waals surface area contributed by atoms with E-state index in [9.17, 15) is 4.79 Å². The summed E-state index contributed by atoms with van der Waals surface area (Å²) in [6.07, 6.45) is 9.33. The number of hydrogen-bond acceptors (Lipinski definition) is 3. The molecule has 0 spiro atoms. The molecule has 1 aromatic rings. The Bertz CT molecular complexity index is 366. The highest BCUT2D eigenvalue weighted by Gasteiger charge is 2.20. The summed E-state index contributed by atoms with van der Waals surface area (Å²) in [5.74, 6) is 0.849. The molecule has 1 aromatic heterocycles. The lowest BCUT2D eigenvalue weighted by Gasteiger charge is -2.20. The summed E-state index contributed by atoms with van der Waals surface area (Å²) < 4.78 is 0. The number of carbonyl (C=O) groups is 1. The van der Waals surface area contributed by atoms with Crippen LogP contribution in [0.1, 0.15) is 43.0 Å². The normalized spacial score (nSPS) is 21.0. The van der Waals surface area contributed by atoms with Crippen LogP contribution < -0.4 is 0 Å². The third-order valence-electron chi connectivity index (χ3n) is 3.52. The highest BCUT2D eigenvalue weighted by atomic mass is 16.2. The van der Waals surface area contributed by atoms with Gasteiger partial charge in [-0.2, -0.15) is 0 Å². The Morgan fingerprint density at radius 2 is 2.12 bits per heavy atom. The summed E-state index contributed by atoms with van der Waals surface area (Å²) >= 11 is 0. The first-order valence-corrected chi connectivity index (χ1v) is 6.35. The van der Waals surface area contributed by atoms with Crippen molar-refractivity contribution in [3.8, 4) is 0 Å². The predicted octanol–water partition coefficient (Wildman–Crippen LogP) is 2.13. The molecule has 2 rings (SSSR count). The van der Waals surface area contributed by atoms with Crippen molar-refractivity contribution in [2.75, 3.05) is 13.1 Å². The maximum Gasteiger partial charge on any atom is 0.256 e. The zero-order chi connectivity index (χ0) is 12.1. The molecule has 0 aromatic carbocycles. The molecule has 0 bridgehead atoms. The fourth-order valence-electron chi connectivity index (χ4n) is 2.37. The fourth-order valence-corrected chi connectivity index (χ4v) is 2.37. The highest BCUT2D eigenvalue weighted by Crippen LogP contribution is 2.21. The van der Waals surface area contributed by atoms with Crippen LogP contribution in [0.25, 0.3) is 0 Å². The Morgan fingerprint density at radius 3 is 2.82 bits per heavy atom. The number of likely N-dealkylation sites (tertiary alicyclic amines) is 1. The summed E-state index contributed by atoms with van der Waals surface area (Å²) in [6, 6.07) is 0. The van der Waals surface area contributed by atoms with Crippen molar-refractivity contribution >= 4 is 5.91 Å². The number of carbonyl (C=O) groups excluding carboxylic acids is 1. The van der Waals surface area contributed by atoms with Crippen LogP contribution in [0.15, 0.2) is 18.7 Å². The Labute approximate surface area is 102 Å². The highest BCUT2D eigenvalue weighted by molar-refractivity contribution is 5.93. The van der Waals surface area contributed by atoms with Crippen molar-refractivity contribution in [1.29, 1.82) is 0 Å². The second-order valence-electron chi connectivity index (χ2n) is 4.62. The minimum Gasteiger partial charge on any atom is -0.339 e. The zero-order valence-electron chi connectivity index (χ0n) is 10.3. The van der Waals surface area contributed by atoms with Crippen LogP contribution in [0.5, 0.6) is 0 Å². The second kappa shape index (κ2) is 5.75. The lowest BCUT2D eigenvalue weighted by Crippen LogP contribution is -2.32. The molecule has 1 atom stereocenters. The number of aromatic nitrogens is 2. The monoisotopic (exact) mass is 233 g/mol. The lowest BCUT2D eigenvalue weighted by molar-refractivity contribution is 0.0759. The van der Waals surface area contributed by atoms with Gasteiger partial charge >= 0.3 is 0 Å². The van der Waals surface area contributed by atoms with Crippen molar-refractivity contribution in [2.45, 2.75) is 32.6 Å². The first-order chi connectivity index (χ1) is 8.31. The van der Waals surface area contributed by atoms with Crippen molar-refractivity contribution in [2.24, 2.45) is 5.92 Å². The van der Waals surface area contributed by atoms with E-state index in [-0.39, 0.29) is 5.91 Å². The van der Waals surface area contributed by atoms with E-state index in [0.717, 1.165) is 31.8 Å². The number of rotatable bonds is 2. The molecular formula is C13H19N3O. The van der Waals surface area contributed by atoms with E-state index in [0.29, 0.717) is 5.56 Å². The van der Waals surface area contributed by atoms with Crippen LogP contribution in [-0.2, 0) is 0 Å². The molecule has 0 unspecified atom stereocenters. The molecule has 1 aliphatic heterocycles. The molecule has 0 N–H and O–H groups in total. The molecule has 4 nitrogen and oxygen atoms in total. The standard InChI is InChI=1S/C13H19N3O/c1-2-11-4-3-6-16(7-5-11)13(17)12-8-14-10-15-9-12/h8-11H,2-7H2,1H3/t11-/m0/s1. The summed E-state index contributed by atoms with van der Waals surface area (Å²) in [4.78, 5) is 21.9. The second-order valence-corrected chi connectivity index (χ2v) is 4.62. The van der Waals surface area contributed by atoms with Gasteiger partial charge in [0.2, 0.25) is 0 Å². The van der Waals surface area contributed by atoms with Gasteiger partial charge in [0.05, 0.1) is 5.56 Å². The average molecular weight is 233 g/mol. The van der Waals surface area contributed by atoms with Gasteiger partial charge in [0, 0.05) is 25.5 Å². The Balaban J connectivity index is 2.01. The van der Waals surface area contributed by atoms with Crippen molar-refractivity contribution in [1.82, 2.24) is 14.9 Å². The maximum absolute atomic E-state index is 12.2. The number of amides is 1. The minimum atomic E-state index is 0.0716. The predicted molar refractivity (Wildman–Crippen MR) is 65.6 cm³/mol. The Morgan fingerprint density at radius 1 is 1.35 bits per heavy atom. The molecule has 1 amide bonds. The summed E-state index contributed by atoms with van der Waals surface area (Å²) in [7, 11) is 0. The average Bonchev–Trinajstić information content (AvgIpc) is 2.64. The first-order valence-electron chi connectivity index (χ1n) is 6.35. The molecule has 1 saturated heterocycles. The molecule has 1 fully saturated rings. The summed E-state index contributed by atoms with van der Waals surface area (Å²) in [5.41, 5.74) is 0.599. The van der Waals surface area contributed by atoms with E-state index < -0.39 is 0 Å². The summed E-state index contributed by atoms with van der Waals surface area (Å²) in [6.45, 7) is 3.96. The molecule has 2 heterocycles. The van der Waals surface area contributed by atoms with Crippen LogP contribution in [0.3, 0.4) is 0 Å². The van der Waals surface area contributed by atoms with E-state index in [1.807, 2.05) is 4.90 Å². The molecule has 0 aliphatic carbocycles.